The highest BCUT2D eigenvalue weighted by Gasteiger charge is 2.19. The number of hydrogen-bond donors (Lipinski definition) is 1. The Morgan fingerprint density at radius 1 is 1.10 bits per heavy atom. The zero-order chi connectivity index (χ0) is 14.6. The Hall–Kier alpha value is -1.67. The largest absolute Gasteiger partial charge is 0.495 e. The molecule has 1 N–H and O–H groups in total. The van der Waals surface area contributed by atoms with Gasteiger partial charge in [0, 0.05) is 17.6 Å². The van der Waals surface area contributed by atoms with Gasteiger partial charge in [0.1, 0.15) is 5.75 Å². The van der Waals surface area contributed by atoms with Crippen LogP contribution < -0.4 is 10.1 Å². The molecule has 0 saturated heterocycles. The van der Waals surface area contributed by atoms with E-state index in [0.29, 0.717) is 10.8 Å². The summed E-state index contributed by atoms with van der Waals surface area (Å²) in [7, 11) is 1.62. The predicted octanol–water partition coefficient (Wildman–Crippen LogP) is 4.74. The molecule has 0 bridgehead atoms. The first-order chi connectivity index (χ1) is 9.53. The van der Waals surface area contributed by atoms with Gasteiger partial charge >= 0.3 is 0 Å². The van der Waals surface area contributed by atoms with Gasteiger partial charge < -0.3 is 10.1 Å². The van der Waals surface area contributed by atoms with E-state index in [2.05, 4.69) is 43.4 Å². The molecule has 2 aromatic rings. The SMILES string of the molecule is COc1ccc(NCC(C)(C)c2ccccc2)cc1Cl. The minimum atomic E-state index is 0.0493. The summed E-state index contributed by atoms with van der Waals surface area (Å²) in [5.74, 6) is 0.694. The molecule has 0 aliphatic rings. The maximum absolute atomic E-state index is 6.13. The lowest BCUT2D eigenvalue weighted by Gasteiger charge is -2.26. The van der Waals surface area contributed by atoms with Crippen molar-refractivity contribution in [1.82, 2.24) is 0 Å². The van der Waals surface area contributed by atoms with Crippen molar-refractivity contribution in [2.24, 2.45) is 0 Å². The highest BCUT2D eigenvalue weighted by molar-refractivity contribution is 6.32. The van der Waals surface area contributed by atoms with Crippen LogP contribution in [0.15, 0.2) is 48.5 Å². The highest BCUT2D eigenvalue weighted by Crippen LogP contribution is 2.28. The maximum atomic E-state index is 6.13. The zero-order valence-corrected chi connectivity index (χ0v) is 12.9. The lowest BCUT2D eigenvalue weighted by Crippen LogP contribution is -2.27. The summed E-state index contributed by atoms with van der Waals surface area (Å²) < 4.78 is 5.15. The van der Waals surface area contributed by atoms with E-state index in [0.717, 1.165) is 12.2 Å². The lowest BCUT2D eigenvalue weighted by molar-refractivity contribution is 0.415. The van der Waals surface area contributed by atoms with Crippen molar-refractivity contribution >= 4 is 17.3 Å². The number of nitrogens with one attached hydrogen (secondary N) is 1. The standard InChI is InChI=1S/C17H20ClNO/c1-17(2,13-7-5-4-6-8-13)12-19-14-9-10-16(20-3)15(18)11-14/h4-11,19H,12H2,1-3H3. The first kappa shape index (κ1) is 14.7. The van der Waals surface area contributed by atoms with Crippen LogP contribution in [0.2, 0.25) is 5.02 Å². The van der Waals surface area contributed by atoms with Gasteiger partial charge in [0.25, 0.3) is 0 Å². The molecular formula is C17H20ClNO. The first-order valence-electron chi connectivity index (χ1n) is 6.66. The molecule has 0 heterocycles. The normalized spacial score (nSPS) is 11.2. The number of anilines is 1. The van der Waals surface area contributed by atoms with Gasteiger partial charge in [0.15, 0.2) is 0 Å². The third kappa shape index (κ3) is 3.45. The van der Waals surface area contributed by atoms with Crippen LogP contribution in [0.1, 0.15) is 19.4 Å². The van der Waals surface area contributed by atoms with Crippen LogP contribution in [-0.4, -0.2) is 13.7 Å². The minimum Gasteiger partial charge on any atom is -0.495 e. The number of methoxy groups -OCH3 is 1. The van der Waals surface area contributed by atoms with Gasteiger partial charge in [-0.2, -0.15) is 0 Å². The van der Waals surface area contributed by atoms with Gasteiger partial charge in [-0.25, -0.2) is 0 Å². The number of benzene rings is 2. The average Bonchev–Trinajstić information content (AvgIpc) is 2.46. The molecular weight excluding hydrogens is 270 g/mol. The van der Waals surface area contributed by atoms with Crippen molar-refractivity contribution in [3.63, 3.8) is 0 Å². The second-order valence-electron chi connectivity index (χ2n) is 5.45. The van der Waals surface area contributed by atoms with Crippen LogP contribution in [0.25, 0.3) is 0 Å². The average molecular weight is 290 g/mol. The van der Waals surface area contributed by atoms with E-state index < -0.39 is 0 Å². The van der Waals surface area contributed by atoms with Crippen LogP contribution in [0, 0.1) is 0 Å². The quantitative estimate of drug-likeness (QED) is 0.858. The molecule has 0 spiro atoms. The number of halogens is 1. The molecule has 0 amide bonds. The zero-order valence-electron chi connectivity index (χ0n) is 12.1. The van der Waals surface area contributed by atoms with E-state index >= 15 is 0 Å². The van der Waals surface area contributed by atoms with Crippen LogP contribution in [0.5, 0.6) is 5.75 Å². The molecule has 0 aliphatic carbocycles. The van der Waals surface area contributed by atoms with Crippen molar-refractivity contribution in [3.05, 3.63) is 59.1 Å². The summed E-state index contributed by atoms with van der Waals surface area (Å²) in [5.41, 5.74) is 2.36. The van der Waals surface area contributed by atoms with E-state index in [9.17, 15) is 0 Å². The van der Waals surface area contributed by atoms with E-state index in [4.69, 9.17) is 16.3 Å². The van der Waals surface area contributed by atoms with E-state index in [1.165, 1.54) is 5.56 Å². The molecule has 0 fully saturated rings. The first-order valence-corrected chi connectivity index (χ1v) is 7.04. The van der Waals surface area contributed by atoms with Gasteiger partial charge in [-0.15, -0.1) is 0 Å². The van der Waals surface area contributed by atoms with Gasteiger partial charge in [0.05, 0.1) is 12.1 Å². The van der Waals surface area contributed by atoms with Gasteiger partial charge in [0.2, 0.25) is 0 Å². The third-order valence-corrected chi connectivity index (χ3v) is 3.74. The van der Waals surface area contributed by atoms with Crippen LogP contribution in [-0.2, 0) is 5.41 Å². The number of rotatable bonds is 5. The fourth-order valence-corrected chi connectivity index (χ4v) is 2.35. The Kier molecular flexibility index (Phi) is 4.56. The fourth-order valence-electron chi connectivity index (χ4n) is 2.09. The molecule has 106 valence electrons. The Labute approximate surface area is 125 Å². The summed E-state index contributed by atoms with van der Waals surface area (Å²) in [6.45, 7) is 5.28. The molecule has 3 heteroatoms. The molecule has 0 unspecified atom stereocenters. The Bertz CT molecular complexity index is 566. The second-order valence-corrected chi connectivity index (χ2v) is 5.86. The summed E-state index contributed by atoms with van der Waals surface area (Å²) >= 11 is 6.13. The molecule has 0 radical (unpaired) electrons. The van der Waals surface area contributed by atoms with Crippen LogP contribution in [0.3, 0.4) is 0 Å². The van der Waals surface area contributed by atoms with Gasteiger partial charge in [-0.05, 0) is 23.8 Å². The molecule has 2 nitrogen and oxygen atoms in total. The minimum absolute atomic E-state index is 0.0493. The second kappa shape index (κ2) is 6.19. The maximum Gasteiger partial charge on any atom is 0.137 e. The fraction of sp³-hybridized carbons (Fsp3) is 0.294. The highest BCUT2D eigenvalue weighted by atomic mass is 35.5. The van der Waals surface area contributed by atoms with Gasteiger partial charge in [-0.1, -0.05) is 55.8 Å². The summed E-state index contributed by atoms with van der Waals surface area (Å²) in [6.07, 6.45) is 0. The Morgan fingerprint density at radius 3 is 2.40 bits per heavy atom. The van der Waals surface area contributed by atoms with Crippen LogP contribution in [0.4, 0.5) is 5.69 Å². The number of hydrogen-bond acceptors (Lipinski definition) is 2. The molecule has 0 aliphatic heterocycles. The van der Waals surface area contributed by atoms with Crippen molar-refractivity contribution in [2.45, 2.75) is 19.3 Å². The Morgan fingerprint density at radius 2 is 1.80 bits per heavy atom. The monoisotopic (exact) mass is 289 g/mol. The lowest BCUT2D eigenvalue weighted by atomic mass is 9.84. The molecule has 0 atom stereocenters. The summed E-state index contributed by atoms with van der Waals surface area (Å²) in [5, 5.41) is 4.06. The van der Waals surface area contributed by atoms with Gasteiger partial charge in [-0.3, -0.25) is 0 Å². The predicted molar refractivity (Wildman–Crippen MR) is 86.0 cm³/mol. The third-order valence-electron chi connectivity index (χ3n) is 3.44. The smallest absolute Gasteiger partial charge is 0.137 e. The summed E-state index contributed by atoms with van der Waals surface area (Å²) in [6, 6.07) is 16.2. The van der Waals surface area contributed by atoms with Crippen molar-refractivity contribution in [3.8, 4) is 5.75 Å². The topological polar surface area (TPSA) is 21.3 Å². The molecule has 0 saturated carbocycles. The molecule has 0 aromatic heterocycles. The van der Waals surface area contributed by atoms with Crippen molar-refractivity contribution < 1.29 is 4.74 Å². The van der Waals surface area contributed by atoms with E-state index in [1.54, 1.807) is 7.11 Å². The molecule has 2 rings (SSSR count). The Balaban J connectivity index is 2.06. The van der Waals surface area contributed by atoms with Crippen molar-refractivity contribution in [2.75, 3.05) is 19.0 Å². The molecule has 2 aromatic carbocycles. The van der Waals surface area contributed by atoms with Crippen molar-refractivity contribution in [1.29, 1.82) is 0 Å². The van der Waals surface area contributed by atoms with E-state index in [-0.39, 0.29) is 5.41 Å². The summed E-state index contributed by atoms with van der Waals surface area (Å²) in [4.78, 5) is 0. The van der Waals surface area contributed by atoms with Crippen LogP contribution >= 0.6 is 11.6 Å². The number of ether oxygens (including phenoxy) is 1. The van der Waals surface area contributed by atoms with E-state index in [1.807, 2.05) is 24.3 Å². The molecule has 20 heavy (non-hydrogen) atoms.